The first-order valence-corrected chi connectivity index (χ1v) is 3.41. The van der Waals surface area contributed by atoms with E-state index >= 15 is 0 Å². The van der Waals surface area contributed by atoms with E-state index in [-0.39, 0.29) is 5.15 Å². The van der Waals surface area contributed by atoms with Crippen LogP contribution in [0.25, 0.3) is 0 Å². The smallest absolute Gasteiger partial charge is 0.426 e. The van der Waals surface area contributed by atoms with Gasteiger partial charge in [0.05, 0.1) is 0 Å². The van der Waals surface area contributed by atoms with Crippen LogP contribution in [0.3, 0.4) is 0 Å². The molecule has 0 saturated heterocycles. The van der Waals surface area contributed by atoms with Gasteiger partial charge in [-0.3, -0.25) is 0 Å². The van der Waals surface area contributed by atoms with Crippen LogP contribution in [0.5, 0.6) is 0 Å². The van der Waals surface area contributed by atoms with Crippen LogP contribution >= 0.6 is 11.8 Å². The zero-order valence-corrected chi connectivity index (χ0v) is 5.14. The van der Waals surface area contributed by atoms with Crippen molar-refractivity contribution in [1.82, 2.24) is 0 Å². The molecule has 0 bridgehead atoms. The molecule has 44 valence electrons. The van der Waals surface area contributed by atoms with Crippen LogP contribution < -0.4 is 0 Å². The Morgan fingerprint density at radius 1 is 1.62 bits per heavy atom. The summed E-state index contributed by atoms with van der Waals surface area (Å²) in [6.45, 7) is 0. The quantitative estimate of drug-likeness (QED) is 0.491. The summed E-state index contributed by atoms with van der Waals surface area (Å²) in [5.74, 6) is 0. The van der Waals surface area contributed by atoms with Gasteiger partial charge in [0.1, 0.15) is 0 Å². The monoisotopic (exact) mass is 130 g/mol. The summed E-state index contributed by atoms with van der Waals surface area (Å²) in [5.41, 5.74) is 0. The van der Waals surface area contributed by atoms with Gasteiger partial charge >= 0.3 is 7.12 Å². The van der Waals surface area contributed by atoms with Gasteiger partial charge in [-0.05, 0) is 11.8 Å². The standard InChI is InChI=1S/C4H7BO2S/c6-5(7)4-2-1-3-8-4/h1,3-4,6-7H,2H2. The minimum absolute atomic E-state index is 0.0185. The summed E-state index contributed by atoms with van der Waals surface area (Å²) in [6.07, 6.45) is 2.72. The molecular weight excluding hydrogens is 123 g/mol. The summed E-state index contributed by atoms with van der Waals surface area (Å²) >= 11 is 1.47. The molecule has 0 aromatic heterocycles. The Hall–Kier alpha value is 0.0749. The lowest BCUT2D eigenvalue weighted by Gasteiger charge is -2.03. The van der Waals surface area contributed by atoms with Gasteiger partial charge in [0.25, 0.3) is 0 Å². The average molecular weight is 130 g/mol. The molecule has 1 aliphatic heterocycles. The maximum Gasteiger partial charge on any atom is 0.466 e. The zero-order chi connectivity index (χ0) is 5.98. The predicted molar refractivity (Wildman–Crippen MR) is 35.3 cm³/mol. The fourth-order valence-electron chi connectivity index (χ4n) is 0.594. The second-order valence-corrected chi connectivity index (χ2v) is 2.85. The summed E-state index contributed by atoms with van der Waals surface area (Å²) < 4.78 is 0. The first kappa shape index (κ1) is 6.20. The van der Waals surface area contributed by atoms with Gasteiger partial charge in [-0.25, -0.2) is 0 Å². The molecule has 0 amide bonds. The van der Waals surface area contributed by atoms with E-state index in [1.807, 2.05) is 11.5 Å². The van der Waals surface area contributed by atoms with Crippen LogP contribution in [0.1, 0.15) is 6.42 Å². The zero-order valence-electron chi connectivity index (χ0n) is 4.32. The number of allylic oxidation sites excluding steroid dienone is 1. The van der Waals surface area contributed by atoms with Gasteiger partial charge in [0, 0.05) is 5.15 Å². The Kier molecular flexibility index (Phi) is 1.99. The summed E-state index contributed by atoms with van der Waals surface area (Å²) in [7, 11) is -1.16. The molecule has 4 heteroatoms. The Balaban J connectivity index is 2.29. The van der Waals surface area contributed by atoms with Gasteiger partial charge in [-0.1, -0.05) is 6.08 Å². The normalized spacial score (nSPS) is 26.5. The molecule has 1 aliphatic rings. The molecular formula is C4H7BO2S. The van der Waals surface area contributed by atoms with E-state index < -0.39 is 7.12 Å². The number of hydrogen-bond acceptors (Lipinski definition) is 3. The molecule has 0 radical (unpaired) electrons. The Morgan fingerprint density at radius 2 is 2.38 bits per heavy atom. The van der Waals surface area contributed by atoms with Crippen molar-refractivity contribution in [3.8, 4) is 0 Å². The highest BCUT2D eigenvalue weighted by Gasteiger charge is 2.23. The number of hydrogen-bond donors (Lipinski definition) is 2. The maximum atomic E-state index is 8.55. The molecule has 1 unspecified atom stereocenters. The van der Waals surface area contributed by atoms with E-state index in [0.29, 0.717) is 0 Å². The van der Waals surface area contributed by atoms with Crippen molar-refractivity contribution in [2.75, 3.05) is 0 Å². The van der Waals surface area contributed by atoms with Crippen molar-refractivity contribution < 1.29 is 10.0 Å². The Labute approximate surface area is 52.7 Å². The van der Waals surface area contributed by atoms with E-state index in [0.717, 1.165) is 6.42 Å². The Bertz CT molecular complexity index is 96.2. The second kappa shape index (κ2) is 2.57. The van der Waals surface area contributed by atoms with Gasteiger partial charge in [-0.2, -0.15) is 0 Å². The molecule has 0 aliphatic carbocycles. The SMILES string of the molecule is OB(O)C1CC=CS1. The van der Waals surface area contributed by atoms with Crippen molar-refractivity contribution in [1.29, 1.82) is 0 Å². The molecule has 2 nitrogen and oxygen atoms in total. The summed E-state index contributed by atoms with van der Waals surface area (Å²) in [6, 6.07) is 0. The third kappa shape index (κ3) is 1.28. The molecule has 1 heterocycles. The largest absolute Gasteiger partial charge is 0.466 e. The van der Waals surface area contributed by atoms with Gasteiger partial charge in [0.15, 0.2) is 0 Å². The molecule has 0 aromatic carbocycles. The van der Waals surface area contributed by atoms with Gasteiger partial charge < -0.3 is 10.0 Å². The Morgan fingerprint density at radius 3 is 2.62 bits per heavy atom. The predicted octanol–water partition coefficient (Wildman–Crippen LogP) is 0.0176. The fraction of sp³-hybridized carbons (Fsp3) is 0.500. The van der Waals surface area contributed by atoms with Crippen LogP contribution in [-0.2, 0) is 0 Å². The summed E-state index contributed by atoms with van der Waals surface area (Å²) in [4.78, 5) is 0. The van der Waals surface area contributed by atoms with Crippen molar-refractivity contribution in [2.24, 2.45) is 0 Å². The number of thioether (sulfide) groups is 1. The van der Waals surface area contributed by atoms with Gasteiger partial charge in [-0.15, -0.1) is 11.8 Å². The fourth-order valence-corrected chi connectivity index (χ4v) is 1.38. The van der Waals surface area contributed by atoms with Crippen LogP contribution in [0.15, 0.2) is 11.5 Å². The minimum Gasteiger partial charge on any atom is -0.426 e. The van der Waals surface area contributed by atoms with Crippen molar-refractivity contribution in [3.63, 3.8) is 0 Å². The van der Waals surface area contributed by atoms with E-state index in [4.69, 9.17) is 10.0 Å². The highest BCUT2D eigenvalue weighted by molar-refractivity contribution is 8.04. The lowest BCUT2D eigenvalue weighted by molar-refractivity contribution is 0.403. The molecule has 1 rings (SSSR count). The molecule has 2 N–H and O–H groups in total. The molecule has 8 heavy (non-hydrogen) atoms. The van der Waals surface area contributed by atoms with Crippen molar-refractivity contribution >= 4 is 18.9 Å². The van der Waals surface area contributed by atoms with Crippen LogP contribution in [0.2, 0.25) is 0 Å². The van der Waals surface area contributed by atoms with E-state index in [1.54, 1.807) is 0 Å². The summed E-state index contributed by atoms with van der Waals surface area (Å²) in [5, 5.41) is 19.0. The second-order valence-electron chi connectivity index (χ2n) is 1.70. The topological polar surface area (TPSA) is 40.5 Å². The average Bonchev–Trinajstić information content (AvgIpc) is 2.12. The third-order valence-electron chi connectivity index (χ3n) is 1.05. The molecule has 0 saturated carbocycles. The molecule has 0 aromatic rings. The minimum atomic E-state index is -1.16. The van der Waals surface area contributed by atoms with Crippen molar-refractivity contribution in [3.05, 3.63) is 11.5 Å². The van der Waals surface area contributed by atoms with Crippen LogP contribution in [0.4, 0.5) is 0 Å². The van der Waals surface area contributed by atoms with E-state index in [2.05, 4.69) is 0 Å². The van der Waals surface area contributed by atoms with Crippen LogP contribution in [-0.4, -0.2) is 22.3 Å². The molecule has 0 spiro atoms. The van der Waals surface area contributed by atoms with E-state index in [9.17, 15) is 0 Å². The maximum absolute atomic E-state index is 8.55. The lowest BCUT2D eigenvalue weighted by Crippen LogP contribution is -2.25. The van der Waals surface area contributed by atoms with Crippen LogP contribution in [0, 0.1) is 0 Å². The van der Waals surface area contributed by atoms with Crippen molar-refractivity contribution in [2.45, 2.75) is 11.6 Å². The highest BCUT2D eigenvalue weighted by Crippen LogP contribution is 2.23. The third-order valence-corrected chi connectivity index (χ3v) is 2.19. The molecule has 0 fully saturated rings. The number of rotatable bonds is 1. The first-order valence-electron chi connectivity index (χ1n) is 2.47. The molecule has 1 atom stereocenters. The highest BCUT2D eigenvalue weighted by atomic mass is 32.2. The van der Waals surface area contributed by atoms with Gasteiger partial charge in [0.2, 0.25) is 0 Å². The van der Waals surface area contributed by atoms with E-state index in [1.165, 1.54) is 11.8 Å². The first-order chi connectivity index (χ1) is 3.80. The lowest BCUT2D eigenvalue weighted by atomic mass is 9.84.